The molecule has 1 saturated heterocycles. The maximum Gasteiger partial charge on any atom is 0.0476 e. The number of nitrogens with one attached hydrogen (secondary N) is 1. The van der Waals surface area contributed by atoms with E-state index in [2.05, 4.69) is 28.4 Å². The highest BCUT2D eigenvalue weighted by molar-refractivity contribution is 6.31. The number of hydrogen-bond acceptors (Lipinski definition) is 3. The first-order valence-electron chi connectivity index (χ1n) is 7.14. The molecule has 2 N–H and O–H groups in total. The molecule has 104 valence electrons. The number of aliphatic hydroxyl groups excluding tert-OH is 1. The van der Waals surface area contributed by atoms with E-state index in [4.69, 9.17) is 11.6 Å². The van der Waals surface area contributed by atoms with Crippen molar-refractivity contribution < 1.29 is 5.11 Å². The van der Waals surface area contributed by atoms with Gasteiger partial charge in [-0.1, -0.05) is 17.7 Å². The van der Waals surface area contributed by atoms with Gasteiger partial charge in [0.2, 0.25) is 0 Å². The van der Waals surface area contributed by atoms with Crippen LogP contribution in [0.4, 0.5) is 5.69 Å². The molecule has 1 saturated carbocycles. The lowest BCUT2D eigenvalue weighted by molar-refractivity contribution is 0.238. The highest BCUT2D eigenvalue weighted by Gasteiger charge is 2.23. The first-order valence-corrected chi connectivity index (χ1v) is 7.51. The molecule has 2 aliphatic rings. The van der Waals surface area contributed by atoms with Crippen LogP contribution < -0.4 is 10.2 Å². The second-order valence-corrected chi connectivity index (χ2v) is 6.12. The van der Waals surface area contributed by atoms with Crippen LogP contribution in [0.1, 0.15) is 24.8 Å². The zero-order chi connectivity index (χ0) is 13.2. The number of aliphatic hydroxyl groups is 1. The lowest BCUT2D eigenvalue weighted by Crippen LogP contribution is -2.21. The van der Waals surface area contributed by atoms with Crippen LogP contribution in [0.2, 0.25) is 5.02 Å². The Labute approximate surface area is 119 Å². The monoisotopic (exact) mass is 280 g/mol. The fraction of sp³-hybridized carbons (Fsp3) is 0.600. The lowest BCUT2D eigenvalue weighted by Gasteiger charge is -2.19. The van der Waals surface area contributed by atoms with Gasteiger partial charge in [0.05, 0.1) is 0 Å². The molecule has 0 amide bonds. The van der Waals surface area contributed by atoms with Crippen LogP contribution in [0.25, 0.3) is 0 Å². The molecule has 1 aliphatic carbocycles. The lowest BCUT2D eigenvalue weighted by atomic mass is 10.1. The van der Waals surface area contributed by atoms with Gasteiger partial charge in [-0.2, -0.15) is 0 Å². The molecule has 3 rings (SSSR count). The van der Waals surface area contributed by atoms with Gasteiger partial charge in [0.25, 0.3) is 0 Å². The van der Waals surface area contributed by atoms with Crippen molar-refractivity contribution in [2.24, 2.45) is 5.92 Å². The molecular formula is C15H21ClN2O. The molecule has 1 heterocycles. The van der Waals surface area contributed by atoms with E-state index in [1.807, 2.05) is 0 Å². The topological polar surface area (TPSA) is 35.5 Å². The van der Waals surface area contributed by atoms with Crippen LogP contribution in [-0.4, -0.2) is 30.8 Å². The van der Waals surface area contributed by atoms with Gasteiger partial charge < -0.3 is 15.3 Å². The maximum absolute atomic E-state index is 9.20. The summed E-state index contributed by atoms with van der Waals surface area (Å²) in [7, 11) is 0. The van der Waals surface area contributed by atoms with E-state index in [0.717, 1.165) is 31.1 Å². The van der Waals surface area contributed by atoms with Crippen LogP contribution >= 0.6 is 11.6 Å². The number of benzene rings is 1. The molecule has 1 aromatic carbocycles. The third-order valence-electron chi connectivity index (χ3n) is 4.10. The molecule has 1 aliphatic heterocycles. The molecule has 2 fully saturated rings. The van der Waals surface area contributed by atoms with Crippen LogP contribution in [-0.2, 0) is 6.54 Å². The van der Waals surface area contributed by atoms with E-state index in [1.165, 1.54) is 24.1 Å². The van der Waals surface area contributed by atoms with E-state index in [0.29, 0.717) is 12.0 Å². The van der Waals surface area contributed by atoms with Crippen LogP contribution in [0, 0.1) is 5.92 Å². The standard InChI is InChI=1S/C15H21ClN2O/c16-15-7-14(18-6-5-11(9-18)10-19)4-1-12(15)8-17-13-2-3-13/h1,4,7,11,13,17,19H,2-3,5-6,8-10H2. The van der Waals surface area contributed by atoms with Gasteiger partial charge in [0.15, 0.2) is 0 Å². The highest BCUT2D eigenvalue weighted by atomic mass is 35.5. The molecule has 0 aromatic heterocycles. The van der Waals surface area contributed by atoms with Crippen LogP contribution in [0.5, 0.6) is 0 Å². The Balaban J connectivity index is 1.64. The number of nitrogens with zero attached hydrogens (tertiary/aromatic N) is 1. The molecule has 4 heteroatoms. The quantitative estimate of drug-likeness (QED) is 0.869. The zero-order valence-corrected chi connectivity index (χ0v) is 11.9. The van der Waals surface area contributed by atoms with E-state index >= 15 is 0 Å². The Hall–Kier alpha value is -0.770. The third-order valence-corrected chi connectivity index (χ3v) is 4.46. The van der Waals surface area contributed by atoms with Crippen molar-refractivity contribution in [3.05, 3.63) is 28.8 Å². The van der Waals surface area contributed by atoms with Crippen LogP contribution in [0.3, 0.4) is 0 Å². The second-order valence-electron chi connectivity index (χ2n) is 5.71. The fourth-order valence-electron chi connectivity index (χ4n) is 2.63. The molecule has 0 spiro atoms. The summed E-state index contributed by atoms with van der Waals surface area (Å²) in [5.41, 5.74) is 2.35. The predicted molar refractivity (Wildman–Crippen MR) is 78.7 cm³/mol. The average molecular weight is 281 g/mol. The summed E-state index contributed by atoms with van der Waals surface area (Å²) >= 11 is 6.37. The van der Waals surface area contributed by atoms with Gasteiger partial charge in [0, 0.05) is 48.9 Å². The van der Waals surface area contributed by atoms with Gasteiger partial charge in [-0.05, 0) is 37.0 Å². The molecule has 0 bridgehead atoms. The summed E-state index contributed by atoms with van der Waals surface area (Å²) in [5, 5.41) is 13.5. The van der Waals surface area contributed by atoms with Crippen molar-refractivity contribution in [3.8, 4) is 0 Å². The van der Waals surface area contributed by atoms with E-state index < -0.39 is 0 Å². The largest absolute Gasteiger partial charge is 0.396 e. The molecule has 0 radical (unpaired) electrons. The van der Waals surface area contributed by atoms with Crippen molar-refractivity contribution in [2.45, 2.75) is 31.8 Å². The number of rotatable bonds is 5. The Morgan fingerprint density at radius 1 is 1.32 bits per heavy atom. The minimum atomic E-state index is 0.285. The van der Waals surface area contributed by atoms with Crippen molar-refractivity contribution >= 4 is 17.3 Å². The fourth-order valence-corrected chi connectivity index (χ4v) is 2.88. The Morgan fingerprint density at radius 2 is 2.16 bits per heavy atom. The van der Waals surface area contributed by atoms with E-state index in [-0.39, 0.29) is 6.61 Å². The Kier molecular flexibility index (Phi) is 3.96. The third kappa shape index (κ3) is 3.22. The minimum absolute atomic E-state index is 0.285. The van der Waals surface area contributed by atoms with E-state index in [1.54, 1.807) is 0 Å². The normalized spacial score (nSPS) is 23.1. The smallest absolute Gasteiger partial charge is 0.0476 e. The number of halogens is 1. The highest BCUT2D eigenvalue weighted by Crippen LogP contribution is 2.28. The van der Waals surface area contributed by atoms with Crippen molar-refractivity contribution in [3.63, 3.8) is 0 Å². The first kappa shape index (κ1) is 13.2. The molecule has 3 nitrogen and oxygen atoms in total. The zero-order valence-electron chi connectivity index (χ0n) is 11.1. The maximum atomic E-state index is 9.20. The molecule has 1 atom stereocenters. The van der Waals surface area contributed by atoms with Crippen molar-refractivity contribution in [1.29, 1.82) is 0 Å². The second kappa shape index (κ2) is 5.70. The summed E-state index contributed by atoms with van der Waals surface area (Å²) in [6.45, 7) is 3.10. The first-order chi connectivity index (χ1) is 9.26. The molecule has 1 unspecified atom stereocenters. The van der Waals surface area contributed by atoms with Crippen molar-refractivity contribution in [2.75, 3.05) is 24.6 Å². The Bertz CT molecular complexity index is 448. The Morgan fingerprint density at radius 3 is 2.79 bits per heavy atom. The summed E-state index contributed by atoms with van der Waals surface area (Å²) in [5.74, 6) is 0.412. The summed E-state index contributed by atoms with van der Waals surface area (Å²) in [6.07, 6.45) is 3.66. The van der Waals surface area contributed by atoms with Gasteiger partial charge in [-0.3, -0.25) is 0 Å². The molecule has 19 heavy (non-hydrogen) atoms. The van der Waals surface area contributed by atoms with Gasteiger partial charge in [0.1, 0.15) is 0 Å². The van der Waals surface area contributed by atoms with Gasteiger partial charge in [-0.15, -0.1) is 0 Å². The summed E-state index contributed by atoms with van der Waals surface area (Å²) < 4.78 is 0. The predicted octanol–water partition coefficient (Wildman–Crippen LogP) is 2.41. The number of anilines is 1. The molecular weight excluding hydrogens is 260 g/mol. The average Bonchev–Trinajstić information content (AvgIpc) is 3.12. The van der Waals surface area contributed by atoms with Crippen LogP contribution in [0.15, 0.2) is 18.2 Å². The molecule has 1 aromatic rings. The number of hydrogen-bond donors (Lipinski definition) is 2. The van der Waals surface area contributed by atoms with Crippen molar-refractivity contribution in [1.82, 2.24) is 5.32 Å². The summed E-state index contributed by atoms with van der Waals surface area (Å²) in [4.78, 5) is 2.31. The van der Waals surface area contributed by atoms with E-state index in [9.17, 15) is 5.11 Å². The van der Waals surface area contributed by atoms with Gasteiger partial charge in [-0.25, -0.2) is 0 Å². The summed E-state index contributed by atoms with van der Waals surface area (Å²) in [6, 6.07) is 7.04. The SMILES string of the molecule is OCC1CCN(c2ccc(CNC3CC3)c(Cl)c2)C1. The van der Waals surface area contributed by atoms with Gasteiger partial charge >= 0.3 is 0 Å². The minimum Gasteiger partial charge on any atom is -0.396 e.